The van der Waals surface area contributed by atoms with Gasteiger partial charge in [-0.2, -0.15) is 5.26 Å². The van der Waals surface area contributed by atoms with Crippen molar-refractivity contribution >= 4 is 12.1 Å². The number of carbonyl (C=O) groups excluding carboxylic acids is 1. The van der Waals surface area contributed by atoms with Gasteiger partial charge in [-0.15, -0.1) is 0 Å². The first-order chi connectivity index (χ1) is 9.13. The molecule has 19 heavy (non-hydrogen) atoms. The highest BCUT2D eigenvalue weighted by Crippen LogP contribution is 2.02. The summed E-state index contributed by atoms with van der Waals surface area (Å²) in [6.45, 7) is 0.0667. The summed E-state index contributed by atoms with van der Waals surface area (Å²) in [4.78, 5) is 22.3. The number of benzene rings is 1. The average Bonchev–Trinajstić information content (AvgIpc) is 2.42. The number of ether oxygens (including phenoxy) is 1. The minimum atomic E-state index is -1.19. The number of carboxylic acid groups (broad SMARTS) is 1. The lowest BCUT2D eigenvalue weighted by Gasteiger charge is -2.13. The second-order valence-corrected chi connectivity index (χ2v) is 3.79. The van der Waals surface area contributed by atoms with Gasteiger partial charge in [0.1, 0.15) is 12.6 Å². The van der Waals surface area contributed by atoms with E-state index in [2.05, 4.69) is 5.32 Å². The topological polar surface area (TPSA) is 99.4 Å². The molecule has 0 unspecified atom stereocenters. The van der Waals surface area contributed by atoms with Gasteiger partial charge < -0.3 is 15.2 Å². The summed E-state index contributed by atoms with van der Waals surface area (Å²) in [7, 11) is 0. The van der Waals surface area contributed by atoms with Crippen LogP contribution in [0.15, 0.2) is 30.3 Å². The molecule has 1 aromatic rings. The molecular formula is C13H14N2O4. The van der Waals surface area contributed by atoms with E-state index in [1.54, 1.807) is 12.1 Å². The summed E-state index contributed by atoms with van der Waals surface area (Å²) in [5, 5.41) is 19.5. The van der Waals surface area contributed by atoms with E-state index in [0.717, 1.165) is 5.56 Å². The molecule has 0 aromatic heterocycles. The first kappa shape index (κ1) is 14.5. The lowest BCUT2D eigenvalue weighted by atomic mass is 10.2. The Morgan fingerprint density at radius 3 is 2.63 bits per heavy atom. The Balaban J connectivity index is 2.40. The number of carboxylic acids is 1. The number of nitriles is 1. The largest absolute Gasteiger partial charge is 0.480 e. The van der Waals surface area contributed by atoms with Crippen LogP contribution in [0.5, 0.6) is 0 Å². The third-order valence-corrected chi connectivity index (χ3v) is 2.35. The van der Waals surface area contributed by atoms with Crippen LogP contribution in [0.3, 0.4) is 0 Å². The van der Waals surface area contributed by atoms with Crippen LogP contribution in [0.2, 0.25) is 0 Å². The molecule has 6 heteroatoms. The van der Waals surface area contributed by atoms with E-state index in [9.17, 15) is 9.59 Å². The average molecular weight is 262 g/mol. The van der Waals surface area contributed by atoms with E-state index in [0.29, 0.717) is 0 Å². The zero-order chi connectivity index (χ0) is 14.1. The van der Waals surface area contributed by atoms with Gasteiger partial charge in [0.05, 0.1) is 6.07 Å². The van der Waals surface area contributed by atoms with Gasteiger partial charge >= 0.3 is 12.1 Å². The van der Waals surface area contributed by atoms with Gasteiger partial charge in [0, 0.05) is 6.42 Å². The molecule has 0 bridgehead atoms. The standard InChI is InChI=1S/C13H14N2O4/c14-8-4-7-11(12(16)17)15-13(18)19-9-10-5-2-1-3-6-10/h1-3,5-6,11H,4,7,9H2,(H,15,18)(H,16,17)/t11-/m0/s1. The second kappa shape index (κ2) is 7.71. The number of hydrogen-bond donors (Lipinski definition) is 2. The molecule has 6 nitrogen and oxygen atoms in total. The van der Waals surface area contributed by atoms with E-state index in [4.69, 9.17) is 15.1 Å². The van der Waals surface area contributed by atoms with Crippen molar-refractivity contribution < 1.29 is 19.4 Å². The van der Waals surface area contributed by atoms with E-state index >= 15 is 0 Å². The normalized spacial score (nSPS) is 11.1. The van der Waals surface area contributed by atoms with Gasteiger partial charge in [0.2, 0.25) is 0 Å². The van der Waals surface area contributed by atoms with Crippen molar-refractivity contribution in [1.29, 1.82) is 5.26 Å². The molecular weight excluding hydrogens is 248 g/mol. The van der Waals surface area contributed by atoms with Crippen molar-refractivity contribution in [2.45, 2.75) is 25.5 Å². The van der Waals surface area contributed by atoms with Crippen LogP contribution in [0.4, 0.5) is 4.79 Å². The zero-order valence-corrected chi connectivity index (χ0v) is 10.2. The maximum atomic E-state index is 11.4. The Morgan fingerprint density at radius 1 is 1.37 bits per heavy atom. The van der Waals surface area contributed by atoms with Crippen LogP contribution in [-0.2, 0) is 16.1 Å². The van der Waals surface area contributed by atoms with Crippen molar-refractivity contribution in [3.05, 3.63) is 35.9 Å². The van der Waals surface area contributed by atoms with E-state index in [1.807, 2.05) is 24.3 Å². The quantitative estimate of drug-likeness (QED) is 0.812. The van der Waals surface area contributed by atoms with Crippen molar-refractivity contribution in [2.24, 2.45) is 0 Å². The Labute approximate surface area is 110 Å². The smallest absolute Gasteiger partial charge is 0.408 e. The number of aliphatic carboxylic acids is 1. The maximum Gasteiger partial charge on any atom is 0.408 e. The van der Waals surface area contributed by atoms with E-state index in [-0.39, 0.29) is 19.4 Å². The first-order valence-corrected chi connectivity index (χ1v) is 5.70. The summed E-state index contributed by atoms with van der Waals surface area (Å²) in [5.41, 5.74) is 0.807. The number of nitrogens with zero attached hydrogens (tertiary/aromatic N) is 1. The van der Waals surface area contributed by atoms with Crippen LogP contribution in [0.25, 0.3) is 0 Å². The minimum Gasteiger partial charge on any atom is -0.480 e. The Bertz CT molecular complexity index is 467. The minimum absolute atomic E-state index is 0.0479. The first-order valence-electron chi connectivity index (χ1n) is 5.70. The van der Waals surface area contributed by atoms with Crippen molar-refractivity contribution in [1.82, 2.24) is 5.32 Å². The number of amides is 1. The van der Waals surface area contributed by atoms with Gasteiger partial charge in [0.25, 0.3) is 0 Å². The molecule has 1 aromatic carbocycles. The summed E-state index contributed by atoms with van der Waals surface area (Å²) in [5.74, 6) is -1.19. The monoisotopic (exact) mass is 262 g/mol. The molecule has 1 atom stereocenters. The molecule has 0 saturated heterocycles. The van der Waals surface area contributed by atoms with Crippen LogP contribution in [-0.4, -0.2) is 23.2 Å². The summed E-state index contributed by atoms with van der Waals surface area (Å²) in [6, 6.07) is 9.76. The van der Waals surface area contributed by atoms with Gasteiger partial charge in [-0.05, 0) is 12.0 Å². The molecule has 0 aliphatic carbocycles. The van der Waals surface area contributed by atoms with Crippen LogP contribution in [0.1, 0.15) is 18.4 Å². The predicted octanol–water partition coefficient (Wildman–Crippen LogP) is 1.67. The number of alkyl carbamates (subject to hydrolysis) is 1. The third kappa shape index (κ3) is 5.55. The molecule has 0 aliphatic heterocycles. The number of nitrogens with one attached hydrogen (secondary N) is 1. The maximum absolute atomic E-state index is 11.4. The molecule has 0 heterocycles. The summed E-state index contributed by atoms with van der Waals surface area (Å²) >= 11 is 0. The molecule has 0 saturated carbocycles. The number of rotatable bonds is 6. The molecule has 1 amide bonds. The predicted molar refractivity (Wildman–Crippen MR) is 66.0 cm³/mol. The molecule has 100 valence electrons. The van der Waals surface area contributed by atoms with Crippen molar-refractivity contribution in [3.63, 3.8) is 0 Å². The third-order valence-electron chi connectivity index (χ3n) is 2.35. The highest BCUT2D eigenvalue weighted by Gasteiger charge is 2.20. The molecule has 0 radical (unpaired) electrons. The highest BCUT2D eigenvalue weighted by atomic mass is 16.5. The fraction of sp³-hybridized carbons (Fsp3) is 0.308. The van der Waals surface area contributed by atoms with Gasteiger partial charge in [-0.25, -0.2) is 9.59 Å². The SMILES string of the molecule is N#CCC[C@H](NC(=O)OCc1ccccc1)C(=O)O. The zero-order valence-electron chi connectivity index (χ0n) is 10.2. The molecule has 2 N–H and O–H groups in total. The number of hydrogen-bond acceptors (Lipinski definition) is 4. The van der Waals surface area contributed by atoms with Gasteiger partial charge in [-0.1, -0.05) is 30.3 Å². The lowest BCUT2D eigenvalue weighted by Crippen LogP contribution is -2.40. The van der Waals surface area contributed by atoms with E-state index < -0.39 is 18.1 Å². The fourth-order valence-corrected chi connectivity index (χ4v) is 1.37. The van der Waals surface area contributed by atoms with Gasteiger partial charge in [0.15, 0.2) is 0 Å². The summed E-state index contributed by atoms with van der Waals surface area (Å²) < 4.78 is 4.89. The molecule has 0 aliphatic rings. The summed E-state index contributed by atoms with van der Waals surface area (Å²) in [6.07, 6.45) is -0.712. The Morgan fingerprint density at radius 2 is 2.05 bits per heavy atom. The molecule has 0 fully saturated rings. The molecule has 1 rings (SSSR count). The lowest BCUT2D eigenvalue weighted by molar-refractivity contribution is -0.139. The number of carbonyl (C=O) groups is 2. The van der Waals surface area contributed by atoms with Crippen molar-refractivity contribution in [2.75, 3.05) is 0 Å². The van der Waals surface area contributed by atoms with Crippen LogP contribution in [0, 0.1) is 11.3 Å². The van der Waals surface area contributed by atoms with Gasteiger partial charge in [-0.3, -0.25) is 0 Å². The Hall–Kier alpha value is -2.55. The fourth-order valence-electron chi connectivity index (χ4n) is 1.37. The highest BCUT2D eigenvalue weighted by molar-refractivity contribution is 5.79. The van der Waals surface area contributed by atoms with Crippen molar-refractivity contribution in [3.8, 4) is 6.07 Å². The molecule has 0 spiro atoms. The van der Waals surface area contributed by atoms with Crippen LogP contribution < -0.4 is 5.32 Å². The van der Waals surface area contributed by atoms with E-state index in [1.165, 1.54) is 0 Å². The van der Waals surface area contributed by atoms with Crippen LogP contribution >= 0.6 is 0 Å². The Kier molecular flexibility index (Phi) is 5.89. The second-order valence-electron chi connectivity index (χ2n) is 3.79.